The molecule has 0 bridgehead atoms. The standard InChI is InChI=1S/C33H39N5O4/c1-18-12-19(2)29-27(13-18)42-17-33(5,6)38-25-10-9-22(14-23(25)20(3)30(29)38)24-15-34-31(36-24)26-8-7-11-37(26)32(41)21(4)35-28(40)16-39/h9-10,12-15,21,26,39H,7-8,11,16-17H2,1-6H3,(H,34,36)(H,35,40). The number of aromatic amines is 1. The predicted octanol–water partition coefficient (Wildman–Crippen LogP) is 4.91. The van der Waals surface area contributed by atoms with Crippen molar-refractivity contribution in [3.8, 4) is 28.3 Å². The number of imidazole rings is 1. The van der Waals surface area contributed by atoms with E-state index in [9.17, 15) is 9.59 Å². The normalized spacial score (nSPS) is 18.3. The van der Waals surface area contributed by atoms with Crippen LogP contribution in [0.4, 0.5) is 0 Å². The van der Waals surface area contributed by atoms with Gasteiger partial charge in [0, 0.05) is 28.6 Å². The topological polar surface area (TPSA) is 112 Å². The first-order valence-electron chi connectivity index (χ1n) is 14.7. The number of nitrogens with zero attached hydrogens (tertiary/aromatic N) is 3. The molecule has 1 saturated heterocycles. The average molecular weight is 570 g/mol. The Kier molecular flexibility index (Phi) is 6.88. The van der Waals surface area contributed by atoms with E-state index in [2.05, 4.69) is 79.8 Å². The molecule has 4 heterocycles. The number of ether oxygens (including phenoxy) is 1. The van der Waals surface area contributed by atoms with Crippen LogP contribution in [0.2, 0.25) is 0 Å². The fraction of sp³-hybridized carbons (Fsp3) is 0.424. The van der Waals surface area contributed by atoms with Crippen LogP contribution < -0.4 is 10.1 Å². The van der Waals surface area contributed by atoms with Gasteiger partial charge in [-0.2, -0.15) is 0 Å². The number of hydrogen-bond acceptors (Lipinski definition) is 5. The Bertz CT molecular complexity index is 1710. The molecule has 9 nitrogen and oxygen atoms in total. The van der Waals surface area contributed by atoms with Crippen LogP contribution in [0.5, 0.6) is 5.75 Å². The van der Waals surface area contributed by atoms with Crippen LogP contribution in [-0.2, 0) is 15.1 Å². The maximum Gasteiger partial charge on any atom is 0.246 e. The van der Waals surface area contributed by atoms with Crippen LogP contribution in [0.1, 0.15) is 62.2 Å². The zero-order chi connectivity index (χ0) is 29.9. The number of aromatic nitrogens is 3. The van der Waals surface area contributed by atoms with Crippen molar-refractivity contribution in [2.75, 3.05) is 19.8 Å². The van der Waals surface area contributed by atoms with E-state index in [1.807, 2.05) is 6.20 Å². The van der Waals surface area contributed by atoms with E-state index in [-0.39, 0.29) is 17.5 Å². The number of rotatable bonds is 5. The molecule has 3 N–H and O–H groups in total. The second kappa shape index (κ2) is 10.3. The number of aliphatic hydroxyl groups is 1. The minimum Gasteiger partial charge on any atom is -0.490 e. The molecule has 2 aromatic heterocycles. The maximum absolute atomic E-state index is 13.1. The van der Waals surface area contributed by atoms with Gasteiger partial charge in [0.1, 0.15) is 30.8 Å². The Hall–Kier alpha value is -4.11. The molecule has 0 spiro atoms. The molecule has 2 atom stereocenters. The molecule has 42 heavy (non-hydrogen) atoms. The van der Waals surface area contributed by atoms with Crippen LogP contribution in [-0.4, -0.2) is 62.2 Å². The van der Waals surface area contributed by atoms with Crippen molar-refractivity contribution in [3.63, 3.8) is 0 Å². The number of likely N-dealkylation sites (tertiary alicyclic amines) is 1. The number of hydrogen-bond donors (Lipinski definition) is 3. The third-order valence-electron chi connectivity index (χ3n) is 8.74. The lowest BCUT2D eigenvalue weighted by Crippen LogP contribution is -2.47. The van der Waals surface area contributed by atoms with Gasteiger partial charge in [0.25, 0.3) is 0 Å². The molecular formula is C33H39N5O4. The Morgan fingerprint density at radius 1 is 1.21 bits per heavy atom. The van der Waals surface area contributed by atoms with Crippen LogP contribution in [0.15, 0.2) is 36.5 Å². The van der Waals surface area contributed by atoms with Gasteiger partial charge in [0.15, 0.2) is 0 Å². The highest BCUT2D eigenvalue weighted by molar-refractivity contribution is 5.96. The second-order valence-electron chi connectivity index (χ2n) is 12.4. The lowest BCUT2D eigenvalue weighted by Gasteiger charge is -2.27. The average Bonchev–Trinajstić information content (AvgIpc) is 3.67. The summed E-state index contributed by atoms with van der Waals surface area (Å²) in [4.78, 5) is 34.7. The van der Waals surface area contributed by atoms with Crippen molar-refractivity contribution in [1.29, 1.82) is 0 Å². The molecule has 2 unspecified atom stereocenters. The predicted molar refractivity (Wildman–Crippen MR) is 162 cm³/mol. The number of carbonyl (C=O) groups is 2. The van der Waals surface area contributed by atoms with E-state index < -0.39 is 18.6 Å². The summed E-state index contributed by atoms with van der Waals surface area (Å²) in [6, 6.07) is 9.99. The van der Waals surface area contributed by atoms with Crippen molar-refractivity contribution in [3.05, 3.63) is 59.0 Å². The summed E-state index contributed by atoms with van der Waals surface area (Å²) in [5.41, 5.74) is 8.79. The Labute approximate surface area is 245 Å². The molecule has 220 valence electrons. The van der Waals surface area contributed by atoms with Gasteiger partial charge in [0.05, 0.1) is 29.2 Å². The van der Waals surface area contributed by atoms with Gasteiger partial charge < -0.3 is 29.6 Å². The lowest BCUT2D eigenvalue weighted by atomic mass is 9.98. The van der Waals surface area contributed by atoms with Crippen molar-refractivity contribution in [2.45, 2.75) is 72.0 Å². The molecule has 1 fully saturated rings. The first kappa shape index (κ1) is 28.0. The summed E-state index contributed by atoms with van der Waals surface area (Å²) < 4.78 is 8.82. The number of H-pyrrole nitrogens is 1. The molecular weight excluding hydrogens is 530 g/mol. The minimum atomic E-state index is -0.720. The first-order chi connectivity index (χ1) is 20.0. The third kappa shape index (κ3) is 4.56. The van der Waals surface area contributed by atoms with Gasteiger partial charge in [-0.3, -0.25) is 9.59 Å². The summed E-state index contributed by atoms with van der Waals surface area (Å²) in [7, 11) is 0. The number of nitrogens with one attached hydrogen (secondary N) is 2. The van der Waals surface area contributed by atoms with Crippen LogP contribution >= 0.6 is 0 Å². The summed E-state index contributed by atoms with van der Waals surface area (Å²) >= 11 is 0. The van der Waals surface area contributed by atoms with Gasteiger partial charge in [-0.25, -0.2) is 4.98 Å². The lowest BCUT2D eigenvalue weighted by molar-refractivity contribution is -0.137. The molecule has 0 saturated carbocycles. The van der Waals surface area contributed by atoms with E-state index in [1.54, 1.807) is 11.8 Å². The van der Waals surface area contributed by atoms with Crippen molar-refractivity contribution >= 4 is 22.7 Å². The molecule has 2 amide bonds. The summed E-state index contributed by atoms with van der Waals surface area (Å²) in [5, 5.41) is 12.8. The van der Waals surface area contributed by atoms with Crippen molar-refractivity contribution < 1.29 is 19.4 Å². The molecule has 2 aliphatic rings. The molecule has 2 aromatic carbocycles. The fourth-order valence-corrected chi connectivity index (χ4v) is 6.77. The first-order valence-corrected chi connectivity index (χ1v) is 14.7. The Morgan fingerprint density at radius 3 is 2.76 bits per heavy atom. The minimum absolute atomic E-state index is 0.179. The van der Waals surface area contributed by atoms with Gasteiger partial charge >= 0.3 is 0 Å². The second-order valence-corrected chi connectivity index (χ2v) is 12.4. The fourth-order valence-electron chi connectivity index (χ4n) is 6.77. The highest BCUT2D eigenvalue weighted by Crippen LogP contribution is 2.46. The largest absolute Gasteiger partial charge is 0.490 e. The van der Waals surface area contributed by atoms with E-state index in [1.165, 1.54) is 33.3 Å². The van der Waals surface area contributed by atoms with Crippen LogP contribution in [0.25, 0.3) is 33.4 Å². The summed E-state index contributed by atoms with van der Waals surface area (Å²) in [6.07, 6.45) is 3.48. The number of fused-ring (bicyclic) bond motifs is 5. The number of aryl methyl sites for hydroxylation is 3. The Balaban J connectivity index is 1.37. The van der Waals surface area contributed by atoms with E-state index in [4.69, 9.17) is 14.8 Å². The highest BCUT2D eigenvalue weighted by atomic mass is 16.5. The van der Waals surface area contributed by atoms with Gasteiger partial charge in [-0.15, -0.1) is 0 Å². The smallest absolute Gasteiger partial charge is 0.246 e. The van der Waals surface area contributed by atoms with E-state index >= 15 is 0 Å². The highest BCUT2D eigenvalue weighted by Gasteiger charge is 2.36. The van der Waals surface area contributed by atoms with Gasteiger partial charge in [-0.1, -0.05) is 12.1 Å². The number of benzene rings is 2. The van der Waals surface area contributed by atoms with Gasteiger partial charge in [0.2, 0.25) is 11.8 Å². The quantitative estimate of drug-likeness (QED) is 0.316. The molecule has 2 aliphatic heterocycles. The number of carbonyl (C=O) groups excluding carboxylic acids is 2. The zero-order valence-corrected chi connectivity index (χ0v) is 25.2. The number of aliphatic hydroxyl groups excluding tert-OH is 1. The zero-order valence-electron chi connectivity index (χ0n) is 25.2. The summed E-state index contributed by atoms with van der Waals surface area (Å²) in [5.74, 6) is 0.927. The monoisotopic (exact) mass is 569 g/mol. The molecule has 9 heteroatoms. The molecule has 0 radical (unpaired) electrons. The van der Waals surface area contributed by atoms with Crippen LogP contribution in [0.3, 0.4) is 0 Å². The molecule has 0 aliphatic carbocycles. The number of amides is 2. The van der Waals surface area contributed by atoms with Crippen molar-refractivity contribution in [1.82, 2.24) is 24.8 Å². The third-order valence-corrected chi connectivity index (χ3v) is 8.74. The summed E-state index contributed by atoms with van der Waals surface area (Å²) in [6.45, 7) is 13.1. The Morgan fingerprint density at radius 2 is 2.00 bits per heavy atom. The SMILES string of the molecule is Cc1cc(C)c2c(c1)OCC(C)(C)n1c-2c(C)c2cc(-c3cnc(C4CCCN4C(=O)C(C)NC(=O)CO)[nH]3)ccc21. The maximum atomic E-state index is 13.1. The van der Waals surface area contributed by atoms with E-state index in [0.29, 0.717) is 13.2 Å². The molecule has 6 rings (SSSR count). The van der Waals surface area contributed by atoms with E-state index in [0.717, 1.165) is 41.2 Å². The van der Waals surface area contributed by atoms with Crippen LogP contribution in [0, 0.1) is 20.8 Å². The van der Waals surface area contributed by atoms with Crippen molar-refractivity contribution in [2.24, 2.45) is 0 Å². The van der Waals surface area contributed by atoms with Gasteiger partial charge in [-0.05, 0) is 89.3 Å². The molecule has 4 aromatic rings.